The predicted octanol–water partition coefficient (Wildman–Crippen LogP) is 2.03. The van der Waals surface area contributed by atoms with Crippen molar-refractivity contribution < 1.29 is 5.11 Å². The zero-order valence-corrected chi connectivity index (χ0v) is 10.00. The molecular formula is C13H23NO. The van der Waals surface area contributed by atoms with Crippen LogP contribution >= 0.6 is 0 Å². The lowest BCUT2D eigenvalue weighted by Crippen LogP contribution is -2.53. The molecule has 86 valence electrons. The fraction of sp³-hybridized carbons (Fsp3) is 0.846. The molecular weight excluding hydrogens is 186 g/mol. The first-order valence-electron chi connectivity index (χ1n) is 6.01. The number of hydrogen-bond acceptors (Lipinski definition) is 2. The van der Waals surface area contributed by atoms with Gasteiger partial charge in [-0.05, 0) is 45.7 Å². The molecule has 0 aromatic rings. The Morgan fingerprint density at radius 3 is 2.53 bits per heavy atom. The van der Waals surface area contributed by atoms with Crippen LogP contribution in [0.3, 0.4) is 0 Å². The third-order valence-corrected chi connectivity index (χ3v) is 3.82. The average Bonchev–Trinajstić information content (AvgIpc) is 2.78. The van der Waals surface area contributed by atoms with Gasteiger partial charge >= 0.3 is 0 Å². The Morgan fingerprint density at radius 2 is 2.07 bits per heavy atom. The lowest BCUT2D eigenvalue weighted by Gasteiger charge is -2.42. The summed E-state index contributed by atoms with van der Waals surface area (Å²) >= 11 is 0. The van der Waals surface area contributed by atoms with E-state index in [2.05, 4.69) is 24.7 Å². The van der Waals surface area contributed by atoms with Gasteiger partial charge < -0.3 is 5.11 Å². The van der Waals surface area contributed by atoms with E-state index in [0.717, 1.165) is 25.9 Å². The number of aliphatic hydroxyl groups excluding tert-OH is 1. The summed E-state index contributed by atoms with van der Waals surface area (Å²) in [7, 11) is 0. The van der Waals surface area contributed by atoms with Crippen molar-refractivity contribution in [2.45, 2.75) is 57.6 Å². The van der Waals surface area contributed by atoms with Crippen molar-refractivity contribution in [3.05, 3.63) is 0 Å². The van der Waals surface area contributed by atoms with E-state index in [1.165, 1.54) is 12.8 Å². The Hall–Kier alpha value is -0.520. The molecule has 0 aliphatic carbocycles. The molecule has 15 heavy (non-hydrogen) atoms. The molecule has 2 atom stereocenters. The molecule has 0 spiro atoms. The zero-order chi connectivity index (χ0) is 11.3. The number of likely N-dealkylation sites (tertiary alicyclic amines) is 1. The molecule has 2 nitrogen and oxygen atoms in total. The first-order valence-corrected chi connectivity index (χ1v) is 6.01. The molecule has 0 saturated carbocycles. The summed E-state index contributed by atoms with van der Waals surface area (Å²) in [5.74, 6) is 2.61. The molecule has 0 bridgehead atoms. The van der Waals surface area contributed by atoms with Crippen molar-refractivity contribution in [2.24, 2.45) is 0 Å². The monoisotopic (exact) mass is 209 g/mol. The lowest BCUT2D eigenvalue weighted by atomic mass is 9.87. The SMILES string of the molecule is C#CCCC(O)C(C)(CC)N1CCCC1. The van der Waals surface area contributed by atoms with Gasteiger partial charge in [-0.3, -0.25) is 4.90 Å². The van der Waals surface area contributed by atoms with Crippen LogP contribution in [0.5, 0.6) is 0 Å². The van der Waals surface area contributed by atoms with Crippen molar-refractivity contribution in [3.63, 3.8) is 0 Å². The van der Waals surface area contributed by atoms with Crippen molar-refractivity contribution in [1.29, 1.82) is 0 Å². The molecule has 0 aromatic heterocycles. The van der Waals surface area contributed by atoms with Gasteiger partial charge in [0.05, 0.1) is 6.10 Å². The Labute approximate surface area is 93.7 Å². The van der Waals surface area contributed by atoms with Gasteiger partial charge in [-0.1, -0.05) is 6.92 Å². The van der Waals surface area contributed by atoms with E-state index in [1.54, 1.807) is 0 Å². The number of hydrogen-bond donors (Lipinski definition) is 1. The molecule has 0 aromatic carbocycles. The van der Waals surface area contributed by atoms with E-state index in [9.17, 15) is 5.11 Å². The fourth-order valence-corrected chi connectivity index (χ4v) is 2.43. The Bertz CT molecular complexity index is 227. The van der Waals surface area contributed by atoms with Crippen LogP contribution < -0.4 is 0 Å². The third kappa shape index (κ3) is 2.74. The summed E-state index contributed by atoms with van der Waals surface area (Å²) in [6.45, 7) is 6.56. The highest BCUT2D eigenvalue weighted by Gasteiger charge is 2.37. The summed E-state index contributed by atoms with van der Waals surface area (Å²) in [5, 5.41) is 10.2. The van der Waals surface area contributed by atoms with Gasteiger partial charge in [0.15, 0.2) is 0 Å². The minimum atomic E-state index is -0.295. The molecule has 0 amide bonds. The molecule has 1 heterocycles. The quantitative estimate of drug-likeness (QED) is 0.700. The normalized spacial score (nSPS) is 23.3. The van der Waals surface area contributed by atoms with Crippen molar-refractivity contribution >= 4 is 0 Å². The van der Waals surface area contributed by atoms with Crippen molar-refractivity contribution in [2.75, 3.05) is 13.1 Å². The van der Waals surface area contributed by atoms with E-state index < -0.39 is 0 Å². The summed E-state index contributed by atoms with van der Waals surface area (Å²) in [6.07, 6.45) is 9.84. The first kappa shape index (κ1) is 12.5. The third-order valence-electron chi connectivity index (χ3n) is 3.82. The highest BCUT2D eigenvalue weighted by Crippen LogP contribution is 2.29. The molecule has 2 heteroatoms. The predicted molar refractivity (Wildman–Crippen MR) is 63.6 cm³/mol. The van der Waals surface area contributed by atoms with E-state index in [4.69, 9.17) is 6.42 Å². The molecule has 1 rings (SSSR count). The van der Waals surface area contributed by atoms with Crippen LogP contribution in [-0.4, -0.2) is 34.7 Å². The van der Waals surface area contributed by atoms with Gasteiger partial charge in [0, 0.05) is 12.0 Å². The van der Waals surface area contributed by atoms with E-state index in [0.29, 0.717) is 6.42 Å². The maximum absolute atomic E-state index is 10.2. The maximum atomic E-state index is 10.2. The maximum Gasteiger partial charge on any atom is 0.0730 e. The van der Waals surface area contributed by atoms with E-state index in [-0.39, 0.29) is 11.6 Å². The van der Waals surface area contributed by atoms with Crippen LogP contribution in [0.1, 0.15) is 46.0 Å². The standard InChI is InChI=1S/C13H23NO/c1-4-6-9-12(15)13(3,5-2)14-10-7-8-11-14/h1,12,15H,5-11H2,2-3H3. The van der Waals surface area contributed by atoms with Crippen LogP contribution in [-0.2, 0) is 0 Å². The summed E-state index contributed by atoms with van der Waals surface area (Å²) < 4.78 is 0. The zero-order valence-electron chi connectivity index (χ0n) is 10.00. The minimum absolute atomic E-state index is 0.0760. The van der Waals surface area contributed by atoms with E-state index in [1.807, 2.05) is 0 Å². The lowest BCUT2D eigenvalue weighted by molar-refractivity contribution is -0.0157. The van der Waals surface area contributed by atoms with Gasteiger partial charge in [0.25, 0.3) is 0 Å². The van der Waals surface area contributed by atoms with Crippen LogP contribution in [0.15, 0.2) is 0 Å². The molecule has 0 radical (unpaired) electrons. The van der Waals surface area contributed by atoms with Crippen LogP contribution in [0, 0.1) is 12.3 Å². The van der Waals surface area contributed by atoms with Gasteiger partial charge in [-0.25, -0.2) is 0 Å². The van der Waals surface area contributed by atoms with Gasteiger partial charge in [0.2, 0.25) is 0 Å². The number of terminal acetylenes is 1. The van der Waals surface area contributed by atoms with Crippen molar-refractivity contribution in [1.82, 2.24) is 4.90 Å². The summed E-state index contributed by atoms with van der Waals surface area (Å²) in [4.78, 5) is 2.42. The number of aliphatic hydroxyl groups is 1. The molecule has 2 unspecified atom stereocenters. The first-order chi connectivity index (χ1) is 7.15. The Kier molecular flexibility index (Phi) is 4.63. The smallest absolute Gasteiger partial charge is 0.0730 e. The highest BCUT2D eigenvalue weighted by molar-refractivity contribution is 4.96. The Morgan fingerprint density at radius 1 is 1.47 bits per heavy atom. The van der Waals surface area contributed by atoms with Crippen LogP contribution in [0.2, 0.25) is 0 Å². The molecule has 1 fully saturated rings. The fourth-order valence-electron chi connectivity index (χ4n) is 2.43. The topological polar surface area (TPSA) is 23.5 Å². The summed E-state index contributed by atoms with van der Waals surface area (Å²) in [5.41, 5.74) is -0.0760. The number of rotatable bonds is 5. The minimum Gasteiger partial charge on any atom is -0.391 e. The van der Waals surface area contributed by atoms with Gasteiger partial charge in [-0.15, -0.1) is 12.3 Å². The van der Waals surface area contributed by atoms with Gasteiger partial charge in [0.1, 0.15) is 0 Å². The number of nitrogens with zero attached hydrogens (tertiary/aromatic N) is 1. The molecule has 1 aliphatic heterocycles. The molecule has 1 N–H and O–H groups in total. The highest BCUT2D eigenvalue weighted by atomic mass is 16.3. The van der Waals surface area contributed by atoms with Gasteiger partial charge in [-0.2, -0.15) is 0 Å². The summed E-state index contributed by atoms with van der Waals surface area (Å²) in [6, 6.07) is 0. The molecule has 1 saturated heterocycles. The Balaban J connectivity index is 2.61. The second-order valence-corrected chi connectivity index (χ2v) is 4.66. The second-order valence-electron chi connectivity index (χ2n) is 4.66. The van der Waals surface area contributed by atoms with Crippen LogP contribution in [0.25, 0.3) is 0 Å². The average molecular weight is 209 g/mol. The molecule has 1 aliphatic rings. The van der Waals surface area contributed by atoms with Crippen LogP contribution in [0.4, 0.5) is 0 Å². The largest absolute Gasteiger partial charge is 0.391 e. The van der Waals surface area contributed by atoms with Crippen molar-refractivity contribution in [3.8, 4) is 12.3 Å². The van der Waals surface area contributed by atoms with E-state index >= 15 is 0 Å². The second kappa shape index (κ2) is 5.53.